The van der Waals surface area contributed by atoms with Gasteiger partial charge < -0.3 is 9.72 Å². The van der Waals surface area contributed by atoms with Crippen molar-refractivity contribution in [3.63, 3.8) is 0 Å². The van der Waals surface area contributed by atoms with Crippen LogP contribution < -0.4 is 5.01 Å². The van der Waals surface area contributed by atoms with Gasteiger partial charge in [-0.15, -0.1) is 0 Å². The first-order valence-electron chi connectivity index (χ1n) is 6.93. The summed E-state index contributed by atoms with van der Waals surface area (Å²) in [6.45, 7) is 6.60. The van der Waals surface area contributed by atoms with Crippen molar-refractivity contribution in [3.8, 4) is 0 Å². The van der Waals surface area contributed by atoms with Gasteiger partial charge in [0, 0.05) is 19.6 Å². The van der Waals surface area contributed by atoms with Gasteiger partial charge in [-0.1, -0.05) is 19.1 Å². The highest BCUT2D eigenvalue weighted by molar-refractivity contribution is 5.77. The smallest absolute Gasteiger partial charge is 0.218 e. The van der Waals surface area contributed by atoms with Crippen LogP contribution in [0.1, 0.15) is 13.3 Å². The van der Waals surface area contributed by atoms with Crippen LogP contribution in [-0.4, -0.2) is 47.8 Å². The fourth-order valence-electron chi connectivity index (χ4n) is 2.45. The van der Waals surface area contributed by atoms with Gasteiger partial charge in [-0.3, -0.25) is 5.01 Å². The Labute approximate surface area is 113 Å². The van der Waals surface area contributed by atoms with E-state index in [1.54, 1.807) is 0 Å². The molecule has 1 aromatic heterocycles. The van der Waals surface area contributed by atoms with Gasteiger partial charge in [0.2, 0.25) is 5.95 Å². The number of benzene rings is 1. The van der Waals surface area contributed by atoms with E-state index in [1.165, 1.54) is 0 Å². The number of anilines is 1. The number of hydrazine groups is 1. The molecule has 2 heterocycles. The van der Waals surface area contributed by atoms with E-state index < -0.39 is 0 Å². The number of imidazole rings is 1. The first-order valence-corrected chi connectivity index (χ1v) is 6.93. The predicted octanol–water partition coefficient (Wildman–Crippen LogP) is 2.03. The molecule has 1 aliphatic rings. The molecule has 1 aliphatic heterocycles. The summed E-state index contributed by atoms with van der Waals surface area (Å²) in [5.74, 6) is 0.935. The third-order valence-corrected chi connectivity index (χ3v) is 3.39. The number of morpholine rings is 1. The Morgan fingerprint density at radius 1 is 1.32 bits per heavy atom. The number of hydrogen-bond acceptors (Lipinski definition) is 4. The van der Waals surface area contributed by atoms with Crippen LogP contribution in [0, 0.1) is 0 Å². The van der Waals surface area contributed by atoms with Gasteiger partial charge in [-0.05, 0) is 18.6 Å². The molecule has 0 aliphatic carbocycles. The molecule has 1 fully saturated rings. The Bertz CT molecular complexity index is 500. The second kappa shape index (κ2) is 5.59. The summed E-state index contributed by atoms with van der Waals surface area (Å²) >= 11 is 0. The van der Waals surface area contributed by atoms with Crippen molar-refractivity contribution in [1.82, 2.24) is 15.0 Å². The van der Waals surface area contributed by atoms with Crippen LogP contribution in [0.15, 0.2) is 24.3 Å². The lowest BCUT2D eigenvalue weighted by Crippen LogP contribution is -2.49. The molecular weight excluding hydrogens is 240 g/mol. The van der Waals surface area contributed by atoms with E-state index in [9.17, 15) is 0 Å². The maximum atomic E-state index is 5.42. The largest absolute Gasteiger partial charge is 0.379 e. The number of aromatic nitrogens is 2. The fraction of sp³-hybridized carbons (Fsp3) is 0.500. The number of hydrogen-bond donors (Lipinski definition) is 1. The van der Waals surface area contributed by atoms with E-state index in [0.29, 0.717) is 0 Å². The Morgan fingerprint density at radius 2 is 2.11 bits per heavy atom. The van der Waals surface area contributed by atoms with E-state index in [4.69, 9.17) is 9.72 Å². The number of nitrogens with zero attached hydrogens (tertiary/aromatic N) is 3. The first-order chi connectivity index (χ1) is 9.38. The zero-order chi connectivity index (χ0) is 13.1. The summed E-state index contributed by atoms with van der Waals surface area (Å²) in [4.78, 5) is 8.10. The summed E-state index contributed by atoms with van der Waals surface area (Å²) in [7, 11) is 0. The molecule has 19 heavy (non-hydrogen) atoms. The molecule has 3 rings (SSSR count). The highest BCUT2D eigenvalue weighted by Crippen LogP contribution is 2.19. The lowest BCUT2D eigenvalue weighted by molar-refractivity contribution is 0.0309. The maximum Gasteiger partial charge on any atom is 0.218 e. The highest BCUT2D eigenvalue weighted by atomic mass is 16.5. The second-order valence-corrected chi connectivity index (χ2v) is 4.77. The molecule has 0 saturated carbocycles. The van der Waals surface area contributed by atoms with Gasteiger partial charge in [0.25, 0.3) is 0 Å². The molecule has 2 aromatic rings. The van der Waals surface area contributed by atoms with Crippen LogP contribution in [-0.2, 0) is 4.74 Å². The van der Waals surface area contributed by atoms with E-state index in [2.05, 4.69) is 28.0 Å². The average Bonchev–Trinajstić information content (AvgIpc) is 2.89. The molecule has 1 aromatic carbocycles. The maximum absolute atomic E-state index is 5.42. The van der Waals surface area contributed by atoms with E-state index in [0.717, 1.165) is 56.3 Å². The third kappa shape index (κ3) is 2.57. The number of aromatic amines is 1. The molecule has 0 spiro atoms. The van der Waals surface area contributed by atoms with Gasteiger partial charge in [0.1, 0.15) is 0 Å². The van der Waals surface area contributed by atoms with Crippen molar-refractivity contribution < 1.29 is 4.74 Å². The number of nitrogens with one attached hydrogen (secondary N) is 1. The Hall–Kier alpha value is -1.59. The Kier molecular flexibility index (Phi) is 3.66. The number of H-pyrrole nitrogens is 1. The molecule has 5 heteroatoms. The molecule has 1 N–H and O–H groups in total. The zero-order valence-corrected chi connectivity index (χ0v) is 11.3. The zero-order valence-electron chi connectivity index (χ0n) is 11.3. The summed E-state index contributed by atoms with van der Waals surface area (Å²) in [6, 6.07) is 8.16. The summed E-state index contributed by atoms with van der Waals surface area (Å²) in [5, 5.41) is 4.58. The topological polar surface area (TPSA) is 44.4 Å². The molecule has 0 amide bonds. The monoisotopic (exact) mass is 260 g/mol. The summed E-state index contributed by atoms with van der Waals surface area (Å²) in [6.07, 6.45) is 1.09. The van der Waals surface area contributed by atoms with Crippen molar-refractivity contribution >= 4 is 17.0 Å². The first kappa shape index (κ1) is 12.4. The van der Waals surface area contributed by atoms with Crippen LogP contribution in [0.3, 0.4) is 0 Å². The minimum Gasteiger partial charge on any atom is -0.379 e. The molecule has 102 valence electrons. The normalized spacial score (nSPS) is 16.9. The SMILES string of the molecule is CCCN(c1nc2ccccc2[nH]1)N1CCOCC1. The number of rotatable bonds is 4. The number of fused-ring (bicyclic) bond motifs is 1. The van der Waals surface area contributed by atoms with Gasteiger partial charge in [0.15, 0.2) is 0 Å². The van der Waals surface area contributed by atoms with Crippen LogP contribution in [0.25, 0.3) is 11.0 Å². The average molecular weight is 260 g/mol. The molecule has 0 atom stereocenters. The standard InChI is InChI=1S/C14H20N4O/c1-2-7-18(17-8-10-19-11-9-17)14-15-12-5-3-4-6-13(12)16-14/h3-6H,2,7-11H2,1H3,(H,15,16). The molecular formula is C14H20N4O. The minimum atomic E-state index is 0.792. The van der Waals surface area contributed by atoms with Crippen LogP contribution in [0.2, 0.25) is 0 Å². The number of ether oxygens (including phenoxy) is 1. The van der Waals surface area contributed by atoms with Crippen LogP contribution in [0.4, 0.5) is 5.95 Å². The number of para-hydroxylation sites is 2. The summed E-state index contributed by atoms with van der Waals surface area (Å²) in [5.41, 5.74) is 2.11. The minimum absolute atomic E-state index is 0.792. The Morgan fingerprint density at radius 3 is 2.84 bits per heavy atom. The predicted molar refractivity (Wildman–Crippen MR) is 76.1 cm³/mol. The van der Waals surface area contributed by atoms with Crippen LogP contribution >= 0.6 is 0 Å². The lowest BCUT2D eigenvalue weighted by Gasteiger charge is -2.36. The summed E-state index contributed by atoms with van der Waals surface area (Å²) < 4.78 is 5.42. The second-order valence-electron chi connectivity index (χ2n) is 4.77. The lowest BCUT2D eigenvalue weighted by atomic mass is 10.3. The molecule has 1 saturated heterocycles. The van der Waals surface area contributed by atoms with Crippen molar-refractivity contribution in [3.05, 3.63) is 24.3 Å². The molecule has 0 radical (unpaired) electrons. The quantitative estimate of drug-likeness (QED) is 0.913. The van der Waals surface area contributed by atoms with Gasteiger partial charge >= 0.3 is 0 Å². The van der Waals surface area contributed by atoms with Gasteiger partial charge in [-0.2, -0.15) is 0 Å². The van der Waals surface area contributed by atoms with E-state index in [-0.39, 0.29) is 0 Å². The third-order valence-electron chi connectivity index (χ3n) is 3.39. The fourth-order valence-corrected chi connectivity index (χ4v) is 2.45. The van der Waals surface area contributed by atoms with E-state index >= 15 is 0 Å². The van der Waals surface area contributed by atoms with Crippen molar-refractivity contribution in [1.29, 1.82) is 0 Å². The highest BCUT2D eigenvalue weighted by Gasteiger charge is 2.20. The molecule has 5 nitrogen and oxygen atoms in total. The van der Waals surface area contributed by atoms with E-state index in [1.807, 2.05) is 18.2 Å². The van der Waals surface area contributed by atoms with Gasteiger partial charge in [0.05, 0.1) is 24.2 Å². The Balaban J connectivity index is 1.89. The van der Waals surface area contributed by atoms with Crippen molar-refractivity contribution in [2.45, 2.75) is 13.3 Å². The van der Waals surface area contributed by atoms with Gasteiger partial charge in [-0.25, -0.2) is 9.99 Å². The van der Waals surface area contributed by atoms with Crippen LogP contribution in [0.5, 0.6) is 0 Å². The van der Waals surface area contributed by atoms with Crippen molar-refractivity contribution in [2.75, 3.05) is 37.9 Å². The molecule has 0 bridgehead atoms. The van der Waals surface area contributed by atoms with Crippen molar-refractivity contribution in [2.24, 2.45) is 0 Å². The molecule has 0 unspecified atom stereocenters.